The average molecular weight is 387 g/mol. The van der Waals surface area contributed by atoms with Gasteiger partial charge in [0.2, 0.25) is 0 Å². The largest absolute Gasteiger partial charge is 0.346 e. The molecule has 3 aromatic rings. The summed E-state index contributed by atoms with van der Waals surface area (Å²) in [4.78, 5) is 13.3. The van der Waals surface area contributed by atoms with E-state index >= 15 is 0 Å². The lowest BCUT2D eigenvalue weighted by molar-refractivity contribution is 0.0913. The van der Waals surface area contributed by atoms with Crippen molar-refractivity contribution in [3.63, 3.8) is 0 Å². The Kier molecular flexibility index (Phi) is 4.49. The Morgan fingerprint density at radius 2 is 1.79 bits per heavy atom. The van der Waals surface area contributed by atoms with Gasteiger partial charge in [0.15, 0.2) is 0 Å². The van der Waals surface area contributed by atoms with Crippen molar-refractivity contribution in [1.82, 2.24) is 9.88 Å². The number of aromatic nitrogens is 1. The first-order valence-electron chi connectivity index (χ1n) is 11.0. The quantitative estimate of drug-likeness (QED) is 0.596. The maximum Gasteiger partial charge on any atom is 0.254 e. The van der Waals surface area contributed by atoms with Crippen LogP contribution in [0.25, 0.3) is 10.9 Å². The molecule has 3 unspecified atom stereocenters. The van der Waals surface area contributed by atoms with Crippen LogP contribution >= 0.6 is 0 Å². The standard InChI is InChI=1S/C26H30N2O/c1-26(2,21-8-4-3-5-9-21)27-25(29)23-17-28(24-11-7-6-10-22(23)24)16-20-15-18-12-13-19(20)14-18/h3-11,17-20H,12-16H2,1-2H3,(H,27,29). The Balaban J connectivity index is 1.43. The van der Waals surface area contributed by atoms with Gasteiger partial charge in [-0.25, -0.2) is 0 Å². The number of hydrogen-bond donors (Lipinski definition) is 1. The zero-order valence-electron chi connectivity index (χ0n) is 17.4. The Bertz CT molecular complexity index is 1030. The van der Waals surface area contributed by atoms with E-state index in [4.69, 9.17) is 0 Å². The summed E-state index contributed by atoms with van der Waals surface area (Å²) in [7, 11) is 0. The summed E-state index contributed by atoms with van der Waals surface area (Å²) in [6, 6.07) is 18.5. The third-order valence-corrected chi connectivity index (χ3v) is 7.27. The molecule has 2 aliphatic rings. The minimum atomic E-state index is -0.424. The van der Waals surface area contributed by atoms with E-state index in [-0.39, 0.29) is 5.91 Å². The van der Waals surface area contributed by atoms with Crippen molar-refractivity contribution in [2.75, 3.05) is 0 Å². The molecular weight excluding hydrogens is 356 g/mol. The highest BCUT2D eigenvalue weighted by atomic mass is 16.1. The van der Waals surface area contributed by atoms with Crippen LogP contribution in [-0.2, 0) is 12.1 Å². The second-order valence-corrected chi connectivity index (χ2v) is 9.59. The van der Waals surface area contributed by atoms with Gasteiger partial charge in [-0.15, -0.1) is 0 Å². The number of hydrogen-bond acceptors (Lipinski definition) is 1. The highest BCUT2D eigenvalue weighted by Crippen LogP contribution is 2.49. The lowest BCUT2D eigenvalue weighted by atomic mass is 9.89. The van der Waals surface area contributed by atoms with Gasteiger partial charge in [0.25, 0.3) is 5.91 Å². The molecule has 1 aromatic heterocycles. The van der Waals surface area contributed by atoms with E-state index in [9.17, 15) is 4.79 Å². The summed E-state index contributed by atoms with van der Waals surface area (Å²) in [5.74, 6) is 2.60. The average Bonchev–Trinajstić information content (AvgIpc) is 3.43. The van der Waals surface area contributed by atoms with Crippen molar-refractivity contribution >= 4 is 16.8 Å². The Morgan fingerprint density at radius 1 is 1.03 bits per heavy atom. The first-order chi connectivity index (χ1) is 14.0. The van der Waals surface area contributed by atoms with Crippen molar-refractivity contribution in [3.05, 3.63) is 71.9 Å². The van der Waals surface area contributed by atoms with Gasteiger partial charge in [-0.2, -0.15) is 0 Å². The highest BCUT2D eigenvalue weighted by Gasteiger charge is 2.39. The predicted octanol–water partition coefficient (Wildman–Crippen LogP) is 5.74. The SMILES string of the molecule is CC(C)(NC(=O)c1cn(CC2CC3CCC2C3)c2ccccc12)c1ccccc1. The van der Waals surface area contributed by atoms with E-state index in [0.29, 0.717) is 0 Å². The fourth-order valence-electron chi connectivity index (χ4n) is 5.71. The summed E-state index contributed by atoms with van der Waals surface area (Å²) in [5, 5.41) is 4.32. The number of amides is 1. The van der Waals surface area contributed by atoms with Crippen molar-refractivity contribution in [3.8, 4) is 0 Å². The first-order valence-corrected chi connectivity index (χ1v) is 11.0. The van der Waals surface area contributed by atoms with Gasteiger partial charge < -0.3 is 9.88 Å². The van der Waals surface area contributed by atoms with Gasteiger partial charge in [-0.05, 0) is 62.5 Å². The minimum Gasteiger partial charge on any atom is -0.346 e. The van der Waals surface area contributed by atoms with Gasteiger partial charge in [0.05, 0.1) is 11.1 Å². The van der Waals surface area contributed by atoms with Gasteiger partial charge >= 0.3 is 0 Å². The van der Waals surface area contributed by atoms with Crippen LogP contribution in [0, 0.1) is 17.8 Å². The number of nitrogens with one attached hydrogen (secondary N) is 1. The molecule has 5 rings (SSSR count). The topological polar surface area (TPSA) is 34.0 Å². The van der Waals surface area contributed by atoms with E-state index in [2.05, 4.69) is 60.3 Å². The van der Waals surface area contributed by atoms with Crippen molar-refractivity contribution < 1.29 is 4.79 Å². The van der Waals surface area contributed by atoms with Gasteiger partial charge in [0, 0.05) is 23.6 Å². The van der Waals surface area contributed by atoms with Crippen LogP contribution in [-0.4, -0.2) is 10.5 Å². The molecule has 3 heteroatoms. The number of carbonyl (C=O) groups is 1. The molecule has 1 N–H and O–H groups in total. The second kappa shape index (κ2) is 7.05. The first kappa shape index (κ1) is 18.5. The van der Waals surface area contributed by atoms with E-state index in [1.54, 1.807) is 0 Å². The van der Waals surface area contributed by atoms with Crippen LogP contribution in [0.2, 0.25) is 0 Å². The molecule has 0 aliphatic heterocycles. The summed E-state index contributed by atoms with van der Waals surface area (Å²) in [6.45, 7) is 5.17. The van der Waals surface area contributed by atoms with E-state index < -0.39 is 5.54 Å². The van der Waals surface area contributed by atoms with Crippen LogP contribution in [0.3, 0.4) is 0 Å². The van der Waals surface area contributed by atoms with E-state index in [0.717, 1.165) is 40.8 Å². The van der Waals surface area contributed by atoms with Crippen molar-refractivity contribution in [2.45, 2.75) is 51.6 Å². The molecule has 0 saturated heterocycles. The number of fused-ring (bicyclic) bond motifs is 3. The molecule has 1 heterocycles. The Morgan fingerprint density at radius 3 is 2.52 bits per heavy atom. The number of carbonyl (C=O) groups excluding carboxylic acids is 1. The van der Waals surface area contributed by atoms with Crippen LogP contribution in [0.4, 0.5) is 0 Å². The molecule has 2 bridgehead atoms. The molecule has 3 atom stereocenters. The number of para-hydroxylation sites is 1. The molecule has 3 nitrogen and oxygen atoms in total. The van der Waals surface area contributed by atoms with Gasteiger partial charge in [-0.1, -0.05) is 55.0 Å². The fraction of sp³-hybridized carbons (Fsp3) is 0.423. The smallest absolute Gasteiger partial charge is 0.254 e. The van der Waals surface area contributed by atoms with Crippen LogP contribution in [0.5, 0.6) is 0 Å². The molecule has 2 saturated carbocycles. The van der Waals surface area contributed by atoms with Crippen molar-refractivity contribution in [2.24, 2.45) is 17.8 Å². The normalized spacial score (nSPS) is 23.6. The van der Waals surface area contributed by atoms with Gasteiger partial charge in [0.1, 0.15) is 0 Å². The summed E-state index contributed by atoms with van der Waals surface area (Å²) < 4.78 is 2.34. The summed E-state index contributed by atoms with van der Waals surface area (Å²) in [6.07, 6.45) is 7.69. The molecule has 2 aromatic carbocycles. The zero-order chi connectivity index (χ0) is 20.0. The van der Waals surface area contributed by atoms with Crippen LogP contribution in [0.1, 0.15) is 55.5 Å². The van der Waals surface area contributed by atoms with Crippen LogP contribution < -0.4 is 5.32 Å². The number of nitrogens with zero attached hydrogens (tertiary/aromatic N) is 1. The molecule has 2 fully saturated rings. The lowest BCUT2D eigenvalue weighted by Gasteiger charge is -2.27. The third-order valence-electron chi connectivity index (χ3n) is 7.27. The molecule has 29 heavy (non-hydrogen) atoms. The predicted molar refractivity (Wildman–Crippen MR) is 118 cm³/mol. The highest BCUT2D eigenvalue weighted by molar-refractivity contribution is 6.07. The molecule has 2 aliphatic carbocycles. The maximum atomic E-state index is 13.3. The van der Waals surface area contributed by atoms with Gasteiger partial charge in [-0.3, -0.25) is 4.79 Å². The van der Waals surface area contributed by atoms with Crippen LogP contribution in [0.15, 0.2) is 60.8 Å². The Hall–Kier alpha value is -2.55. The summed E-state index contributed by atoms with van der Waals surface area (Å²) >= 11 is 0. The molecule has 0 radical (unpaired) electrons. The molecule has 0 spiro atoms. The fourth-order valence-corrected chi connectivity index (χ4v) is 5.71. The lowest BCUT2D eigenvalue weighted by Crippen LogP contribution is -2.40. The van der Waals surface area contributed by atoms with E-state index in [1.165, 1.54) is 31.2 Å². The number of benzene rings is 2. The zero-order valence-corrected chi connectivity index (χ0v) is 17.4. The maximum absolute atomic E-state index is 13.3. The number of rotatable bonds is 5. The monoisotopic (exact) mass is 386 g/mol. The Labute approximate surface area is 173 Å². The molecule has 1 amide bonds. The molecule has 150 valence electrons. The van der Waals surface area contributed by atoms with E-state index in [1.807, 2.05) is 24.3 Å². The third kappa shape index (κ3) is 3.37. The second-order valence-electron chi connectivity index (χ2n) is 9.59. The minimum absolute atomic E-state index is 0.00162. The molecular formula is C26H30N2O. The summed E-state index contributed by atoms with van der Waals surface area (Å²) in [5.41, 5.74) is 2.65. The van der Waals surface area contributed by atoms with Crippen molar-refractivity contribution in [1.29, 1.82) is 0 Å².